The van der Waals surface area contributed by atoms with Crippen LogP contribution in [0.15, 0.2) is 65.6 Å². The number of ether oxygens (including phenoxy) is 3. The Kier molecular flexibility index (Phi) is 9.25. The molecule has 0 aliphatic carbocycles. The number of amides is 3. The summed E-state index contributed by atoms with van der Waals surface area (Å²) >= 11 is 0.608. The molecule has 3 aromatic rings. The van der Waals surface area contributed by atoms with Crippen molar-refractivity contribution >= 4 is 57.6 Å². The number of hydrogen-bond acceptors (Lipinski definition) is 12. The van der Waals surface area contributed by atoms with Gasteiger partial charge < -0.3 is 24.4 Å². The Labute approximate surface area is 259 Å². The normalized spacial score (nSPS) is 15.7. The molecular weight excluding hydrogens is 610 g/mol. The average molecular weight is 636 g/mol. The first-order chi connectivity index (χ1) is 21.6. The Bertz CT molecular complexity index is 1710. The number of nitrogens with zero attached hydrogens (tertiary/aromatic N) is 4. The maximum absolute atomic E-state index is 13.2. The highest BCUT2D eigenvalue weighted by Crippen LogP contribution is 2.42. The number of thioether (sulfide) groups is 1. The Morgan fingerprint density at radius 2 is 1.76 bits per heavy atom. The van der Waals surface area contributed by atoms with Crippen molar-refractivity contribution in [3.63, 3.8) is 0 Å². The number of methoxy groups -OCH3 is 1. The van der Waals surface area contributed by atoms with E-state index in [4.69, 9.17) is 14.2 Å². The molecular formula is C29H25N5O10S. The van der Waals surface area contributed by atoms with Crippen molar-refractivity contribution in [3.05, 3.63) is 91.4 Å². The largest absolute Gasteiger partial charge is 0.493 e. The molecule has 5 rings (SSSR count). The average Bonchev–Trinajstić information content (AvgIpc) is 3.29. The van der Waals surface area contributed by atoms with Gasteiger partial charge in [-0.15, -0.1) is 0 Å². The molecule has 45 heavy (non-hydrogen) atoms. The number of nitro groups is 2. The SMILES string of the molecule is COc1cccc(/C=C2/SC(=O)N(CC(=O)Nc3ccc(N4CCOCC4)cc3)C2=O)c1Oc1ccc([N+](=O)[O-])cc1[N+](=O)[O-]. The summed E-state index contributed by atoms with van der Waals surface area (Å²) in [5, 5.41) is 24.8. The summed E-state index contributed by atoms with van der Waals surface area (Å²) in [6.07, 6.45) is 1.34. The number of hydrogen-bond donors (Lipinski definition) is 1. The van der Waals surface area contributed by atoms with E-state index in [-0.39, 0.29) is 27.7 Å². The number of imide groups is 1. The number of para-hydroxylation sites is 1. The predicted octanol–water partition coefficient (Wildman–Crippen LogP) is 4.82. The van der Waals surface area contributed by atoms with E-state index < -0.39 is 44.8 Å². The fourth-order valence-electron chi connectivity index (χ4n) is 4.57. The van der Waals surface area contributed by atoms with Gasteiger partial charge in [-0.1, -0.05) is 12.1 Å². The molecule has 3 amide bonds. The number of non-ortho nitro benzene ring substituents is 1. The number of nitrogens with one attached hydrogen (secondary N) is 1. The highest BCUT2D eigenvalue weighted by Gasteiger charge is 2.37. The maximum atomic E-state index is 13.2. The minimum absolute atomic E-state index is 0.0287. The van der Waals surface area contributed by atoms with Gasteiger partial charge in [-0.3, -0.25) is 39.5 Å². The van der Waals surface area contributed by atoms with Gasteiger partial charge in [0.1, 0.15) is 6.54 Å². The molecule has 2 aliphatic rings. The number of anilines is 2. The van der Waals surface area contributed by atoms with Crippen LogP contribution in [0.25, 0.3) is 6.08 Å². The van der Waals surface area contributed by atoms with Gasteiger partial charge in [0.25, 0.3) is 16.8 Å². The highest BCUT2D eigenvalue weighted by atomic mass is 32.2. The zero-order valence-corrected chi connectivity index (χ0v) is 24.5. The minimum atomic E-state index is -0.827. The van der Waals surface area contributed by atoms with Crippen LogP contribution >= 0.6 is 11.8 Å². The fraction of sp³-hybridized carbons (Fsp3) is 0.207. The van der Waals surface area contributed by atoms with Gasteiger partial charge in [0.05, 0.1) is 41.1 Å². The summed E-state index contributed by atoms with van der Waals surface area (Å²) < 4.78 is 16.5. The van der Waals surface area contributed by atoms with Crippen LogP contribution in [0.5, 0.6) is 17.2 Å². The van der Waals surface area contributed by atoms with Crippen LogP contribution in [0.4, 0.5) is 27.5 Å². The molecule has 0 aromatic heterocycles. The summed E-state index contributed by atoms with van der Waals surface area (Å²) in [6, 6.07) is 14.7. The Morgan fingerprint density at radius 1 is 1.02 bits per heavy atom. The molecule has 2 fully saturated rings. The number of morpholine rings is 1. The summed E-state index contributed by atoms with van der Waals surface area (Å²) in [4.78, 5) is 62.8. The third kappa shape index (κ3) is 7.02. The maximum Gasteiger partial charge on any atom is 0.318 e. The zero-order valence-electron chi connectivity index (χ0n) is 23.7. The van der Waals surface area contributed by atoms with Gasteiger partial charge in [0, 0.05) is 36.1 Å². The van der Waals surface area contributed by atoms with Gasteiger partial charge in [-0.05, 0) is 54.2 Å². The van der Waals surface area contributed by atoms with Crippen LogP contribution in [0.2, 0.25) is 0 Å². The van der Waals surface area contributed by atoms with Gasteiger partial charge in [0.15, 0.2) is 11.5 Å². The van der Waals surface area contributed by atoms with E-state index in [2.05, 4.69) is 10.2 Å². The van der Waals surface area contributed by atoms with Crippen LogP contribution in [-0.4, -0.2) is 71.8 Å². The van der Waals surface area contributed by atoms with Crippen LogP contribution < -0.4 is 19.7 Å². The minimum Gasteiger partial charge on any atom is -0.493 e. The van der Waals surface area contributed by atoms with E-state index in [1.807, 2.05) is 12.1 Å². The number of benzene rings is 3. The van der Waals surface area contributed by atoms with Crippen LogP contribution in [0.3, 0.4) is 0 Å². The molecule has 15 nitrogen and oxygen atoms in total. The molecule has 3 aromatic carbocycles. The van der Waals surface area contributed by atoms with Crippen LogP contribution in [-0.2, 0) is 14.3 Å². The standard InChI is InChI=1S/C29H25N5O10S/c1-42-24-4-2-3-18(27(24)44-23-10-9-21(33(38)39)16-22(23)34(40)41)15-25-28(36)32(29(37)45-25)17-26(35)30-19-5-7-20(8-6-19)31-11-13-43-14-12-31/h2-10,15-16H,11-14,17H2,1H3,(H,30,35)/b25-15+. The first-order valence-corrected chi connectivity index (χ1v) is 14.2. The number of rotatable bonds is 10. The van der Waals surface area contributed by atoms with E-state index in [0.717, 1.165) is 41.9 Å². The van der Waals surface area contributed by atoms with E-state index >= 15 is 0 Å². The molecule has 0 unspecified atom stereocenters. The van der Waals surface area contributed by atoms with Crippen molar-refractivity contribution < 1.29 is 38.4 Å². The van der Waals surface area contributed by atoms with Gasteiger partial charge in [-0.2, -0.15) is 0 Å². The predicted molar refractivity (Wildman–Crippen MR) is 164 cm³/mol. The van der Waals surface area contributed by atoms with Gasteiger partial charge in [0.2, 0.25) is 11.7 Å². The topological polar surface area (TPSA) is 184 Å². The second kappa shape index (κ2) is 13.4. The molecule has 2 heterocycles. The zero-order chi connectivity index (χ0) is 32.1. The van der Waals surface area contributed by atoms with Crippen molar-refractivity contribution in [1.29, 1.82) is 0 Å². The van der Waals surface area contributed by atoms with Crippen LogP contribution in [0, 0.1) is 20.2 Å². The first-order valence-electron chi connectivity index (χ1n) is 13.4. The molecule has 1 N–H and O–H groups in total. The molecule has 0 bridgehead atoms. The van der Waals surface area contributed by atoms with Gasteiger partial charge in [-0.25, -0.2) is 0 Å². The molecule has 2 saturated heterocycles. The lowest BCUT2D eigenvalue weighted by Crippen LogP contribution is -2.36. The molecule has 0 radical (unpaired) electrons. The second-order valence-electron chi connectivity index (χ2n) is 9.61. The number of carbonyl (C=O) groups excluding carboxylic acids is 3. The van der Waals surface area contributed by atoms with Gasteiger partial charge >= 0.3 is 5.69 Å². The molecule has 232 valence electrons. The lowest BCUT2D eigenvalue weighted by Gasteiger charge is -2.28. The summed E-state index contributed by atoms with van der Waals surface area (Å²) in [5.41, 5.74) is 0.534. The van der Waals surface area contributed by atoms with Crippen molar-refractivity contribution in [2.75, 3.05) is 50.2 Å². The number of nitro benzene ring substituents is 2. The number of carbonyl (C=O) groups is 3. The second-order valence-corrected chi connectivity index (χ2v) is 10.6. The Hall–Kier alpha value is -5.48. The lowest BCUT2D eigenvalue weighted by molar-refractivity contribution is -0.394. The summed E-state index contributed by atoms with van der Waals surface area (Å²) in [6.45, 7) is 2.28. The van der Waals surface area contributed by atoms with Crippen molar-refractivity contribution in [3.8, 4) is 17.2 Å². The quantitative estimate of drug-likeness (QED) is 0.182. The van der Waals surface area contributed by atoms with E-state index in [1.54, 1.807) is 18.2 Å². The Morgan fingerprint density at radius 3 is 2.42 bits per heavy atom. The van der Waals surface area contributed by atoms with Crippen LogP contribution in [0.1, 0.15) is 5.56 Å². The van der Waals surface area contributed by atoms with Crippen molar-refractivity contribution in [2.24, 2.45) is 0 Å². The Balaban J connectivity index is 1.32. The highest BCUT2D eigenvalue weighted by molar-refractivity contribution is 8.18. The monoisotopic (exact) mass is 635 g/mol. The van der Waals surface area contributed by atoms with Crippen molar-refractivity contribution in [2.45, 2.75) is 0 Å². The molecule has 0 saturated carbocycles. The molecule has 0 atom stereocenters. The molecule has 2 aliphatic heterocycles. The third-order valence-corrected chi connectivity index (χ3v) is 7.69. The summed E-state index contributed by atoms with van der Waals surface area (Å²) in [5.74, 6) is -1.52. The van der Waals surface area contributed by atoms with Crippen molar-refractivity contribution in [1.82, 2.24) is 4.90 Å². The third-order valence-electron chi connectivity index (χ3n) is 6.78. The van der Waals surface area contributed by atoms with E-state index in [1.165, 1.54) is 25.3 Å². The smallest absolute Gasteiger partial charge is 0.318 e. The molecule has 0 spiro atoms. The summed E-state index contributed by atoms with van der Waals surface area (Å²) in [7, 11) is 1.33. The van der Waals surface area contributed by atoms with E-state index in [0.29, 0.717) is 30.7 Å². The molecule has 16 heteroatoms. The van der Waals surface area contributed by atoms with E-state index in [9.17, 15) is 34.6 Å². The lowest BCUT2D eigenvalue weighted by atomic mass is 10.1. The fourth-order valence-corrected chi connectivity index (χ4v) is 5.40. The first kappa shape index (κ1) is 31.0.